The second kappa shape index (κ2) is 8.73. The fraction of sp³-hybridized carbons (Fsp3) is 0.562. The number of hydrogen-bond donors (Lipinski definition) is 0. The van der Waals surface area contributed by atoms with E-state index in [0.717, 1.165) is 11.3 Å². The number of benzene rings is 1. The molecule has 5 nitrogen and oxygen atoms in total. The van der Waals surface area contributed by atoms with Crippen LogP contribution in [0.4, 0.5) is 0 Å². The zero-order valence-electron chi connectivity index (χ0n) is 13.2. The van der Waals surface area contributed by atoms with Crippen molar-refractivity contribution in [2.45, 2.75) is 37.6 Å². The summed E-state index contributed by atoms with van der Waals surface area (Å²) in [5.74, 6) is 0.432. The number of carbonyl (C=O) groups is 1. The molecular formula is C16H21Cl2NO4. The smallest absolute Gasteiger partial charge is 0.256 e. The van der Waals surface area contributed by atoms with Gasteiger partial charge in [-0.05, 0) is 31.5 Å². The molecule has 0 spiro atoms. The van der Waals surface area contributed by atoms with Crippen LogP contribution in [-0.2, 0) is 20.8 Å². The van der Waals surface area contributed by atoms with E-state index in [-0.39, 0.29) is 18.2 Å². The molecule has 2 rings (SSSR count). The zero-order valence-corrected chi connectivity index (χ0v) is 14.7. The number of carbonyl (C=O) groups excluding carboxylic acids is 1. The van der Waals surface area contributed by atoms with E-state index in [0.29, 0.717) is 26.4 Å². The molecule has 1 aliphatic heterocycles. The van der Waals surface area contributed by atoms with Gasteiger partial charge >= 0.3 is 0 Å². The molecular weight excluding hydrogens is 341 g/mol. The minimum Gasteiger partial charge on any atom is -0.488 e. The Morgan fingerprint density at radius 3 is 2.39 bits per heavy atom. The number of ether oxygens (including phenoxy) is 3. The van der Waals surface area contributed by atoms with Gasteiger partial charge in [-0.25, -0.2) is 0 Å². The summed E-state index contributed by atoms with van der Waals surface area (Å²) in [4.78, 5) is 12.6. The van der Waals surface area contributed by atoms with Gasteiger partial charge in [0.15, 0.2) is 11.1 Å². The highest BCUT2D eigenvalue weighted by atomic mass is 35.5. The summed E-state index contributed by atoms with van der Waals surface area (Å²) in [6.07, 6.45) is -0.298. The van der Waals surface area contributed by atoms with Gasteiger partial charge in [-0.2, -0.15) is 0 Å². The van der Waals surface area contributed by atoms with Crippen molar-refractivity contribution in [3.05, 3.63) is 29.8 Å². The Bertz CT molecular complexity index is 501. The molecule has 0 aliphatic carbocycles. The summed E-state index contributed by atoms with van der Waals surface area (Å²) < 4.78 is 16.2. The third kappa shape index (κ3) is 5.53. The lowest BCUT2D eigenvalue weighted by Crippen LogP contribution is -2.39. The van der Waals surface area contributed by atoms with Crippen LogP contribution in [0.5, 0.6) is 5.75 Å². The highest BCUT2D eigenvalue weighted by Crippen LogP contribution is 2.18. The Labute approximate surface area is 146 Å². The first-order valence-corrected chi connectivity index (χ1v) is 8.38. The van der Waals surface area contributed by atoms with Crippen LogP contribution in [0.3, 0.4) is 0 Å². The van der Waals surface area contributed by atoms with Crippen LogP contribution >= 0.6 is 23.2 Å². The lowest BCUT2D eigenvalue weighted by atomic mass is 10.2. The highest BCUT2D eigenvalue weighted by Gasteiger charge is 2.23. The van der Waals surface area contributed by atoms with Gasteiger partial charge < -0.3 is 19.1 Å². The average molecular weight is 362 g/mol. The van der Waals surface area contributed by atoms with Crippen molar-refractivity contribution in [1.82, 2.24) is 4.90 Å². The fourth-order valence-electron chi connectivity index (χ4n) is 2.20. The number of alkyl halides is 2. The SMILES string of the molecule is CC(C)N(Cc1ccc(OCC2OCCO2)cc1)C(=O)C(Cl)Cl. The molecule has 0 unspecified atom stereocenters. The first-order chi connectivity index (χ1) is 11.0. The zero-order chi connectivity index (χ0) is 16.8. The number of halogens is 2. The fourth-order valence-corrected chi connectivity index (χ4v) is 2.45. The van der Waals surface area contributed by atoms with Crippen LogP contribution in [0, 0.1) is 0 Å². The number of rotatable bonds is 7. The molecule has 1 amide bonds. The molecule has 1 fully saturated rings. The van der Waals surface area contributed by atoms with Gasteiger partial charge in [0.1, 0.15) is 12.4 Å². The van der Waals surface area contributed by atoms with Gasteiger partial charge in [0.05, 0.1) is 13.2 Å². The maximum absolute atomic E-state index is 12.0. The van der Waals surface area contributed by atoms with E-state index in [9.17, 15) is 4.79 Å². The van der Waals surface area contributed by atoms with Crippen LogP contribution in [0.1, 0.15) is 19.4 Å². The van der Waals surface area contributed by atoms with Crippen molar-refractivity contribution >= 4 is 29.1 Å². The average Bonchev–Trinajstić information content (AvgIpc) is 3.04. The van der Waals surface area contributed by atoms with Crippen molar-refractivity contribution < 1.29 is 19.0 Å². The molecule has 23 heavy (non-hydrogen) atoms. The first-order valence-electron chi connectivity index (χ1n) is 7.51. The quantitative estimate of drug-likeness (QED) is 0.700. The lowest BCUT2D eigenvalue weighted by molar-refractivity contribution is -0.131. The van der Waals surface area contributed by atoms with Crippen LogP contribution in [0.15, 0.2) is 24.3 Å². The Morgan fingerprint density at radius 1 is 1.26 bits per heavy atom. The van der Waals surface area contributed by atoms with E-state index in [1.165, 1.54) is 0 Å². The topological polar surface area (TPSA) is 48.0 Å². The molecule has 0 N–H and O–H groups in total. The molecule has 1 aromatic carbocycles. The Morgan fingerprint density at radius 2 is 1.87 bits per heavy atom. The number of amides is 1. The van der Waals surface area contributed by atoms with Crippen molar-refractivity contribution in [2.24, 2.45) is 0 Å². The number of hydrogen-bond acceptors (Lipinski definition) is 4. The molecule has 0 aromatic heterocycles. The van der Waals surface area contributed by atoms with E-state index in [2.05, 4.69) is 0 Å². The van der Waals surface area contributed by atoms with Gasteiger partial charge in [-0.15, -0.1) is 0 Å². The second-order valence-electron chi connectivity index (χ2n) is 5.49. The Kier molecular flexibility index (Phi) is 6.96. The normalized spacial score (nSPS) is 15.4. The Balaban J connectivity index is 1.91. The predicted molar refractivity (Wildman–Crippen MR) is 88.8 cm³/mol. The molecule has 1 heterocycles. The monoisotopic (exact) mass is 361 g/mol. The largest absolute Gasteiger partial charge is 0.488 e. The summed E-state index contributed by atoms with van der Waals surface area (Å²) in [5, 5.41) is 0. The van der Waals surface area contributed by atoms with Gasteiger partial charge in [0.2, 0.25) is 0 Å². The van der Waals surface area contributed by atoms with Gasteiger partial charge in [-0.1, -0.05) is 35.3 Å². The van der Waals surface area contributed by atoms with E-state index >= 15 is 0 Å². The molecule has 1 saturated heterocycles. The molecule has 1 aliphatic rings. The van der Waals surface area contributed by atoms with Crippen molar-refractivity contribution in [3.63, 3.8) is 0 Å². The molecule has 0 bridgehead atoms. The van der Waals surface area contributed by atoms with Crippen LogP contribution < -0.4 is 4.74 Å². The minimum atomic E-state index is -1.05. The van der Waals surface area contributed by atoms with E-state index < -0.39 is 4.84 Å². The summed E-state index contributed by atoms with van der Waals surface area (Å²) in [7, 11) is 0. The van der Waals surface area contributed by atoms with Crippen molar-refractivity contribution in [1.29, 1.82) is 0 Å². The minimum absolute atomic E-state index is 0.00934. The van der Waals surface area contributed by atoms with Crippen molar-refractivity contribution in [2.75, 3.05) is 19.8 Å². The molecule has 0 saturated carbocycles. The van der Waals surface area contributed by atoms with E-state index in [4.69, 9.17) is 37.4 Å². The van der Waals surface area contributed by atoms with Crippen LogP contribution in [0.25, 0.3) is 0 Å². The maximum atomic E-state index is 12.0. The van der Waals surface area contributed by atoms with Gasteiger partial charge in [0.25, 0.3) is 5.91 Å². The lowest BCUT2D eigenvalue weighted by Gasteiger charge is -2.27. The van der Waals surface area contributed by atoms with E-state index in [1.54, 1.807) is 4.90 Å². The standard InChI is InChI=1S/C16H21Cl2NO4/c1-11(2)19(16(20)15(17)18)9-12-3-5-13(6-4-12)23-10-14-21-7-8-22-14/h3-6,11,14-15H,7-10H2,1-2H3. The molecule has 0 radical (unpaired) electrons. The summed E-state index contributed by atoms with van der Waals surface area (Å²) in [6.45, 7) is 5.86. The van der Waals surface area contributed by atoms with Gasteiger partial charge in [-0.3, -0.25) is 4.79 Å². The van der Waals surface area contributed by atoms with Crippen molar-refractivity contribution in [3.8, 4) is 5.75 Å². The van der Waals surface area contributed by atoms with E-state index in [1.807, 2.05) is 38.1 Å². The number of nitrogens with zero attached hydrogens (tertiary/aromatic N) is 1. The summed E-state index contributed by atoms with van der Waals surface area (Å²) in [6, 6.07) is 7.53. The molecule has 1 aromatic rings. The predicted octanol–water partition coefficient (Wildman–Crippen LogP) is 2.98. The summed E-state index contributed by atoms with van der Waals surface area (Å²) in [5.41, 5.74) is 0.974. The third-order valence-corrected chi connectivity index (χ3v) is 3.82. The molecule has 7 heteroatoms. The second-order valence-corrected chi connectivity index (χ2v) is 6.58. The van der Waals surface area contributed by atoms with Crippen LogP contribution in [-0.4, -0.2) is 47.8 Å². The highest BCUT2D eigenvalue weighted by molar-refractivity contribution is 6.53. The molecule has 0 atom stereocenters. The summed E-state index contributed by atoms with van der Waals surface area (Å²) >= 11 is 11.4. The van der Waals surface area contributed by atoms with Gasteiger partial charge in [0, 0.05) is 12.6 Å². The molecule has 128 valence electrons. The first kappa shape index (κ1) is 18.3. The van der Waals surface area contributed by atoms with Crippen LogP contribution in [0.2, 0.25) is 0 Å². The third-order valence-electron chi connectivity index (χ3n) is 3.45. The Hall–Kier alpha value is -1.01. The maximum Gasteiger partial charge on any atom is 0.256 e.